The first-order valence-electron chi connectivity index (χ1n) is 11.7. The predicted molar refractivity (Wildman–Crippen MR) is 130 cm³/mol. The summed E-state index contributed by atoms with van der Waals surface area (Å²) < 4.78 is 16.6. The molecule has 8 heteroatoms. The molecule has 4 rings (SSSR count). The van der Waals surface area contributed by atoms with Gasteiger partial charge >= 0.3 is 0 Å². The van der Waals surface area contributed by atoms with E-state index >= 15 is 0 Å². The Morgan fingerprint density at radius 2 is 1.79 bits per heavy atom. The van der Waals surface area contributed by atoms with Gasteiger partial charge in [-0.15, -0.1) is 0 Å². The SMILES string of the molecule is CCCOc1cccc(NC2=C(c3ccccc3OC)C(=O)N(CCN3CCOCC3)C2=O)c1. The van der Waals surface area contributed by atoms with Crippen LogP contribution in [0.2, 0.25) is 0 Å². The van der Waals surface area contributed by atoms with E-state index in [1.54, 1.807) is 19.2 Å². The van der Waals surface area contributed by atoms with Crippen LogP contribution in [0.5, 0.6) is 11.5 Å². The minimum absolute atomic E-state index is 0.240. The summed E-state index contributed by atoms with van der Waals surface area (Å²) >= 11 is 0. The third kappa shape index (κ3) is 5.24. The molecule has 2 aliphatic heterocycles. The highest BCUT2D eigenvalue weighted by atomic mass is 16.5. The Hall–Kier alpha value is -3.36. The second-order valence-corrected chi connectivity index (χ2v) is 8.17. The van der Waals surface area contributed by atoms with Crippen LogP contribution in [0.3, 0.4) is 0 Å². The van der Waals surface area contributed by atoms with Crippen LogP contribution < -0.4 is 14.8 Å². The van der Waals surface area contributed by atoms with Gasteiger partial charge in [-0.05, 0) is 24.6 Å². The standard InChI is InChI=1S/C26H31N3O5/c1-3-15-34-20-8-6-7-19(18-20)27-24-23(21-9-4-5-10-22(21)32-2)25(30)29(26(24)31)12-11-28-13-16-33-17-14-28/h4-10,18,27H,3,11-17H2,1-2H3. The monoisotopic (exact) mass is 465 g/mol. The number of hydrogen-bond donors (Lipinski definition) is 1. The summed E-state index contributed by atoms with van der Waals surface area (Å²) in [5, 5.41) is 3.20. The molecule has 0 bridgehead atoms. The van der Waals surface area contributed by atoms with Gasteiger partial charge in [0, 0.05) is 43.5 Å². The molecule has 0 aromatic heterocycles. The Bertz CT molecular complexity index is 1060. The molecule has 2 aromatic carbocycles. The molecular weight excluding hydrogens is 434 g/mol. The molecule has 2 aliphatic rings. The van der Waals surface area contributed by atoms with Gasteiger partial charge in [0.25, 0.3) is 11.8 Å². The van der Waals surface area contributed by atoms with Crippen molar-refractivity contribution in [2.75, 3.05) is 58.4 Å². The molecule has 8 nitrogen and oxygen atoms in total. The molecule has 0 spiro atoms. The van der Waals surface area contributed by atoms with Crippen molar-refractivity contribution in [1.29, 1.82) is 0 Å². The summed E-state index contributed by atoms with van der Waals surface area (Å²) in [6, 6.07) is 14.6. The number of amides is 2. The van der Waals surface area contributed by atoms with E-state index < -0.39 is 0 Å². The molecule has 2 heterocycles. The van der Waals surface area contributed by atoms with E-state index in [0.29, 0.717) is 61.2 Å². The molecule has 1 saturated heterocycles. The summed E-state index contributed by atoms with van der Waals surface area (Å²) in [6.45, 7) is 6.46. The number of carbonyl (C=O) groups excluding carboxylic acids is 2. The normalized spacial score (nSPS) is 16.8. The van der Waals surface area contributed by atoms with Crippen molar-refractivity contribution in [3.05, 3.63) is 59.8 Å². The fourth-order valence-corrected chi connectivity index (χ4v) is 4.09. The van der Waals surface area contributed by atoms with Crippen LogP contribution in [0.1, 0.15) is 18.9 Å². The number of para-hydroxylation sites is 1. The molecule has 2 amide bonds. The zero-order valence-electron chi connectivity index (χ0n) is 19.7. The average Bonchev–Trinajstić information content (AvgIpc) is 3.10. The second-order valence-electron chi connectivity index (χ2n) is 8.17. The van der Waals surface area contributed by atoms with Crippen LogP contribution in [0.4, 0.5) is 5.69 Å². The summed E-state index contributed by atoms with van der Waals surface area (Å²) in [4.78, 5) is 30.6. The van der Waals surface area contributed by atoms with E-state index in [4.69, 9.17) is 14.2 Å². The van der Waals surface area contributed by atoms with E-state index in [-0.39, 0.29) is 17.5 Å². The topological polar surface area (TPSA) is 80.3 Å². The molecule has 180 valence electrons. The van der Waals surface area contributed by atoms with Crippen LogP contribution in [0.25, 0.3) is 5.57 Å². The number of rotatable bonds is 10. The fraction of sp³-hybridized carbons (Fsp3) is 0.385. The average molecular weight is 466 g/mol. The number of nitrogens with one attached hydrogen (secondary N) is 1. The molecule has 0 unspecified atom stereocenters. The maximum atomic E-state index is 13.5. The molecule has 1 N–H and O–H groups in total. The molecule has 34 heavy (non-hydrogen) atoms. The quantitative estimate of drug-likeness (QED) is 0.541. The maximum absolute atomic E-state index is 13.5. The van der Waals surface area contributed by atoms with Gasteiger partial charge < -0.3 is 19.5 Å². The number of imide groups is 1. The first kappa shape index (κ1) is 23.8. The van der Waals surface area contributed by atoms with Gasteiger partial charge in [0.15, 0.2) is 0 Å². The Morgan fingerprint density at radius 1 is 1.00 bits per heavy atom. The first-order chi connectivity index (χ1) is 16.6. The Kier molecular flexibility index (Phi) is 7.82. The maximum Gasteiger partial charge on any atom is 0.278 e. The molecule has 1 fully saturated rings. The fourth-order valence-electron chi connectivity index (χ4n) is 4.09. The van der Waals surface area contributed by atoms with E-state index in [9.17, 15) is 9.59 Å². The number of benzene rings is 2. The lowest BCUT2D eigenvalue weighted by Gasteiger charge is -2.28. The van der Waals surface area contributed by atoms with Crippen LogP contribution in [0.15, 0.2) is 54.2 Å². The first-order valence-corrected chi connectivity index (χ1v) is 11.7. The van der Waals surface area contributed by atoms with E-state index in [0.717, 1.165) is 19.5 Å². The van der Waals surface area contributed by atoms with Crippen molar-refractivity contribution in [3.8, 4) is 11.5 Å². The minimum atomic E-state index is -0.348. The van der Waals surface area contributed by atoms with Crippen molar-refractivity contribution in [1.82, 2.24) is 9.80 Å². The zero-order valence-corrected chi connectivity index (χ0v) is 19.7. The van der Waals surface area contributed by atoms with Crippen LogP contribution >= 0.6 is 0 Å². The van der Waals surface area contributed by atoms with Crippen LogP contribution in [-0.4, -0.2) is 74.7 Å². The molecule has 0 atom stereocenters. The van der Waals surface area contributed by atoms with Gasteiger partial charge in [0.05, 0.1) is 32.5 Å². The lowest BCUT2D eigenvalue weighted by atomic mass is 10.0. The predicted octanol–water partition coefficient (Wildman–Crippen LogP) is 3.01. The van der Waals surface area contributed by atoms with Crippen molar-refractivity contribution >= 4 is 23.1 Å². The number of ether oxygens (including phenoxy) is 3. The highest BCUT2D eigenvalue weighted by Crippen LogP contribution is 2.35. The van der Waals surface area contributed by atoms with Gasteiger partial charge in [-0.2, -0.15) is 0 Å². The highest BCUT2D eigenvalue weighted by molar-refractivity contribution is 6.37. The summed E-state index contributed by atoms with van der Waals surface area (Å²) in [5.74, 6) is 0.558. The number of methoxy groups -OCH3 is 1. The molecule has 0 saturated carbocycles. The number of hydrogen-bond acceptors (Lipinski definition) is 7. The molecule has 2 aromatic rings. The van der Waals surface area contributed by atoms with Crippen molar-refractivity contribution in [2.24, 2.45) is 0 Å². The molecule has 0 radical (unpaired) electrons. The Balaban J connectivity index is 1.64. The summed E-state index contributed by atoms with van der Waals surface area (Å²) in [7, 11) is 1.55. The Morgan fingerprint density at radius 3 is 2.56 bits per heavy atom. The van der Waals surface area contributed by atoms with Gasteiger partial charge in [-0.3, -0.25) is 19.4 Å². The lowest BCUT2D eigenvalue weighted by Crippen LogP contribution is -2.43. The smallest absolute Gasteiger partial charge is 0.278 e. The number of morpholine rings is 1. The van der Waals surface area contributed by atoms with Crippen LogP contribution in [0, 0.1) is 0 Å². The van der Waals surface area contributed by atoms with Crippen molar-refractivity contribution in [2.45, 2.75) is 13.3 Å². The second kappa shape index (κ2) is 11.2. The van der Waals surface area contributed by atoms with Gasteiger partial charge in [-0.1, -0.05) is 31.2 Å². The van der Waals surface area contributed by atoms with Gasteiger partial charge in [0.2, 0.25) is 0 Å². The highest BCUT2D eigenvalue weighted by Gasteiger charge is 2.40. The van der Waals surface area contributed by atoms with Crippen molar-refractivity contribution in [3.63, 3.8) is 0 Å². The largest absolute Gasteiger partial charge is 0.496 e. The van der Waals surface area contributed by atoms with Crippen LogP contribution in [-0.2, 0) is 14.3 Å². The molecular formula is C26H31N3O5. The van der Waals surface area contributed by atoms with E-state index in [2.05, 4.69) is 10.2 Å². The number of anilines is 1. The lowest BCUT2D eigenvalue weighted by molar-refractivity contribution is -0.137. The molecule has 0 aliphatic carbocycles. The zero-order chi connectivity index (χ0) is 23.9. The van der Waals surface area contributed by atoms with E-state index in [1.807, 2.05) is 43.3 Å². The van der Waals surface area contributed by atoms with E-state index in [1.165, 1.54) is 4.90 Å². The number of carbonyl (C=O) groups is 2. The summed E-state index contributed by atoms with van der Waals surface area (Å²) in [5.41, 5.74) is 1.80. The minimum Gasteiger partial charge on any atom is -0.496 e. The third-order valence-corrected chi connectivity index (χ3v) is 5.86. The number of nitrogens with zero attached hydrogens (tertiary/aromatic N) is 2. The van der Waals surface area contributed by atoms with Crippen molar-refractivity contribution < 1.29 is 23.8 Å². The Labute approximate surface area is 200 Å². The summed E-state index contributed by atoms with van der Waals surface area (Å²) in [6.07, 6.45) is 0.895. The van der Waals surface area contributed by atoms with Gasteiger partial charge in [0.1, 0.15) is 17.2 Å². The third-order valence-electron chi connectivity index (χ3n) is 5.86. The van der Waals surface area contributed by atoms with Gasteiger partial charge in [-0.25, -0.2) is 0 Å².